The highest BCUT2D eigenvalue weighted by Gasteiger charge is 2.47. The number of aromatic nitrogens is 1. The van der Waals surface area contributed by atoms with Gasteiger partial charge in [0.2, 0.25) is 0 Å². The van der Waals surface area contributed by atoms with Crippen LogP contribution in [0.15, 0.2) is 71.5 Å². The first kappa shape index (κ1) is 29.9. The average molecular weight is 603 g/mol. The topological polar surface area (TPSA) is 163 Å². The summed E-state index contributed by atoms with van der Waals surface area (Å²) in [5, 5.41) is 29.5. The number of aryl methyl sites for hydroxylation is 1. The molecule has 0 N–H and O–H groups in total. The van der Waals surface area contributed by atoms with Gasteiger partial charge in [-0.3, -0.25) is 30.0 Å². The molecule has 3 atom stereocenters. The van der Waals surface area contributed by atoms with Crippen molar-refractivity contribution in [3.63, 3.8) is 0 Å². The van der Waals surface area contributed by atoms with Gasteiger partial charge in [0.1, 0.15) is 11.6 Å². The molecule has 1 aliphatic carbocycles. The second-order valence-electron chi connectivity index (χ2n) is 10.4. The quantitative estimate of drug-likeness (QED) is 0.113. The number of nitro groups is 2. The standard InChI is InChI=1S/C30H30N6O8/c1-32-22-8-6-5-7-20(22)27-25-16-21(28(29(27)32)30(38)44-4)18(9-12-26(37)43-3)17-34(25)14-13-31-33(2)23-11-10-19(35(39)40)15-24(23)36(41)42/h5-13,15,17,21,25,28H,14,16H2,1-4H3/b12-9+,31-13+/t21-,25-,28+/m0/s1. The molecule has 0 fully saturated rings. The molecule has 0 spiro atoms. The second kappa shape index (κ2) is 12.0. The normalized spacial score (nSPS) is 19.1. The summed E-state index contributed by atoms with van der Waals surface area (Å²) < 4.78 is 12.1. The molecular weight excluding hydrogens is 572 g/mol. The van der Waals surface area contributed by atoms with E-state index in [4.69, 9.17) is 9.47 Å². The summed E-state index contributed by atoms with van der Waals surface area (Å²) in [5.41, 5.74) is 2.76. The van der Waals surface area contributed by atoms with E-state index in [0.29, 0.717) is 6.42 Å². The van der Waals surface area contributed by atoms with Gasteiger partial charge in [-0.1, -0.05) is 24.3 Å². The monoisotopic (exact) mass is 602 g/mol. The number of anilines is 1. The summed E-state index contributed by atoms with van der Waals surface area (Å²) in [6.45, 7) is 0.267. The van der Waals surface area contributed by atoms with Gasteiger partial charge in [-0.15, -0.1) is 0 Å². The summed E-state index contributed by atoms with van der Waals surface area (Å²) in [4.78, 5) is 48.7. The van der Waals surface area contributed by atoms with E-state index >= 15 is 0 Å². The lowest BCUT2D eigenvalue weighted by Gasteiger charge is -2.45. The fraction of sp³-hybridized carbons (Fsp3) is 0.300. The van der Waals surface area contributed by atoms with Crippen LogP contribution in [0.2, 0.25) is 0 Å². The third kappa shape index (κ3) is 5.25. The molecule has 2 bridgehead atoms. The molecule has 0 saturated heterocycles. The molecule has 0 saturated carbocycles. The van der Waals surface area contributed by atoms with E-state index in [9.17, 15) is 29.8 Å². The number of ether oxygens (including phenoxy) is 2. The number of fused-ring (bicyclic) bond motifs is 6. The van der Waals surface area contributed by atoms with Crippen LogP contribution in [-0.2, 0) is 26.1 Å². The maximum Gasteiger partial charge on any atom is 0.330 e. The number of non-ortho nitro benzene ring substituents is 1. The van der Waals surface area contributed by atoms with Gasteiger partial charge in [-0.25, -0.2) is 4.79 Å². The Balaban J connectivity index is 1.55. The molecule has 1 aliphatic heterocycles. The fourth-order valence-electron chi connectivity index (χ4n) is 6.20. The molecule has 2 aromatic carbocycles. The maximum atomic E-state index is 13.3. The Morgan fingerprint density at radius 3 is 2.55 bits per heavy atom. The van der Waals surface area contributed by atoms with Crippen molar-refractivity contribution in [3.05, 3.63) is 97.9 Å². The van der Waals surface area contributed by atoms with Crippen molar-refractivity contribution in [2.45, 2.75) is 18.4 Å². The number of hydrogen-bond donors (Lipinski definition) is 0. The van der Waals surface area contributed by atoms with Crippen molar-refractivity contribution in [1.82, 2.24) is 9.47 Å². The lowest BCUT2D eigenvalue weighted by atomic mass is 9.69. The zero-order chi connectivity index (χ0) is 31.7. The van der Waals surface area contributed by atoms with E-state index in [2.05, 4.69) is 5.10 Å². The first-order chi connectivity index (χ1) is 21.1. The Morgan fingerprint density at radius 2 is 1.86 bits per heavy atom. The van der Waals surface area contributed by atoms with Crippen LogP contribution >= 0.6 is 0 Å². The van der Waals surface area contributed by atoms with Gasteiger partial charge in [0.25, 0.3) is 5.69 Å². The number of hydrazone groups is 1. The number of nitrogens with zero attached hydrogens (tertiary/aromatic N) is 6. The van der Waals surface area contributed by atoms with Gasteiger partial charge < -0.3 is 18.9 Å². The van der Waals surface area contributed by atoms with Gasteiger partial charge in [-0.2, -0.15) is 5.10 Å². The number of para-hydroxylation sites is 1. The Labute approximate surface area is 251 Å². The average Bonchev–Trinajstić information content (AvgIpc) is 3.32. The van der Waals surface area contributed by atoms with Crippen LogP contribution in [0.1, 0.15) is 29.6 Å². The number of benzene rings is 2. The number of nitro benzene ring substituents is 2. The molecule has 0 amide bonds. The summed E-state index contributed by atoms with van der Waals surface area (Å²) >= 11 is 0. The zero-order valence-corrected chi connectivity index (χ0v) is 24.4. The highest BCUT2D eigenvalue weighted by atomic mass is 16.6. The number of allylic oxidation sites excluding steroid dienone is 2. The van der Waals surface area contributed by atoms with Crippen molar-refractivity contribution in [3.8, 4) is 0 Å². The minimum absolute atomic E-state index is 0.0859. The van der Waals surface area contributed by atoms with Crippen molar-refractivity contribution in [1.29, 1.82) is 0 Å². The van der Waals surface area contributed by atoms with E-state index in [1.54, 1.807) is 12.3 Å². The highest BCUT2D eigenvalue weighted by molar-refractivity contribution is 5.91. The van der Waals surface area contributed by atoms with Gasteiger partial charge in [-0.05, 0) is 24.1 Å². The van der Waals surface area contributed by atoms with E-state index in [-0.39, 0.29) is 30.2 Å². The van der Waals surface area contributed by atoms with Crippen molar-refractivity contribution in [2.75, 3.05) is 32.8 Å². The molecule has 1 aromatic heterocycles. The summed E-state index contributed by atoms with van der Waals surface area (Å²) in [6.07, 6.45) is 6.98. The van der Waals surface area contributed by atoms with Gasteiger partial charge in [0.15, 0.2) is 0 Å². The Kier molecular flexibility index (Phi) is 8.16. The van der Waals surface area contributed by atoms with Gasteiger partial charge in [0, 0.05) is 66.7 Å². The third-order valence-electron chi connectivity index (χ3n) is 8.17. The number of esters is 2. The zero-order valence-electron chi connectivity index (χ0n) is 24.4. The van der Waals surface area contributed by atoms with Crippen LogP contribution in [0.25, 0.3) is 10.9 Å². The Morgan fingerprint density at radius 1 is 1.11 bits per heavy atom. The number of carbonyl (C=O) groups excluding carboxylic acids is 2. The maximum absolute atomic E-state index is 13.3. The Bertz CT molecular complexity index is 1760. The SMILES string of the molecule is COC(=O)/C=C/C1=CN(C/C=N/N(C)c2ccc([N+](=O)[O-])cc2[N+](=O)[O-])[C@H]2C[C@@H]1[C@@H](C(=O)OC)c1c2c2ccccc2n1C. The molecule has 14 nitrogen and oxygen atoms in total. The predicted molar refractivity (Wildman–Crippen MR) is 161 cm³/mol. The first-order valence-electron chi connectivity index (χ1n) is 13.6. The minimum atomic E-state index is -0.696. The summed E-state index contributed by atoms with van der Waals surface area (Å²) in [5.74, 6) is -1.81. The fourth-order valence-corrected chi connectivity index (χ4v) is 6.20. The lowest BCUT2D eigenvalue weighted by molar-refractivity contribution is -0.393. The summed E-state index contributed by atoms with van der Waals surface area (Å²) in [7, 11) is 6.08. The molecule has 228 valence electrons. The molecule has 0 unspecified atom stereocenters. The molecule has 14 heteroatoms. The predicted octanol–water partition coefficient (Wildman–Crippen LogP) is 4.36. The molecule has 3 aromatic rings. The second-order valence-corrected chi connectivity index (χ2v) is 10.4. The molecule has 44 heavy (non-hydrogen) atoms. The first-order valence-corrected chi connectivity index (χ1v) is 13.6. The van der Waals surface area contributed by atoms with E-state index in [1.165, 1.54) is 44.5 Å². The highest BCUT2D eigenvalue weighted by Crippen LogP contribution is 2.53. The smallest absolute Gasteiger partial charge is 0.330 e. The van der Waals surface area contributed by atoms with E-state index in [0.717, 1.165) is 33.8 Å². The van der Waals surface area contributed by atoms with Crippen LogP contribution in [-0.4, -0.2) is 65.3 Å². The largest absolute Gasteiger partial charge is 0.468 e. The molecule has 2 aliphatic rings. The molecule has 0 radical (unpaired) electrons. The minimum Gasteiger partial charge on any atom is -0.468 e. The van der Waals surface area contributed by atoms with E-state index in [1.807, 2.05) is 47.0 Å². The van der Waals surface area contributed by atoms with Crippen LogP contribution in [0.4, 0.5) is 17.1 Å². The molecular formula is C30H30N6O8. The third-order valence-corrected chi connectivity index (χ3v) is 8.17. The number of carbonyl (C=O) groups is 2. The number of methoxy groups -OCH3 is 2. The van der Waals surface area contributed by atoms with Crippen LogP contribution in [0.3, 0.4) is 0 Å². The van der Waals surface area contributed by atoms with Gasteiger partial charge >= 0.3 is 17.6 Å². The van der Waals surface area contributed by atoms with Crippen molar-refractivity contribution in [2.24, 2.45) is 18.1 Å². The number of rotatable bonds is 9. The van der Waals surface area contributed by atoms with Crippen LogP contribution in [0.5, 0.6) is 0 Å². The van der Waals surface area contributed by atoms with Crippen molar-refractivity contribution < 1.29 is 28.9 Å². The molecule has 5 rings (SSSR count). The summed E-state index contributed by atoms with van der Waals surface area (Å²) in [6, 6.07) is 11.1. The van der Waals surface area contributed by atoms with Crippen LogP contribution in [0, 0.1) is 26.1 Å². The Hall–Kier alpha value is -5.53. The number of hydrogen-bond acceptors (Lipinski definition) is 11. The van der Waals surface area contributed by atoms with Gasteiger partial charge in [0.05, 0.1) is 42.7 Å². The molecule has 2 heterocycles. The van der Waals surface area contributed by atoms with E-state index < -0.39 is 33.1 Å². The van der Waals surface area contributed by atoms with Crippen molar-refractivity contribution >= 4 is 46.1 Å². The lowest BCUT2D eigenvalue weighted by Crippen LogP contribution is -2.41. The van der Waals surface area contributed by atoms with Crippen LogP contribution < -0.4 is 5.01 Å².